The molecule has 146 valence electrons. The highest BCUT2D eigenvalue weighted by Crippen LogP contribution is 2.24. The topological polar surface area (TPSA) is 75.4 Å². The van der Waals surface area contributed by atoms with Crippen LogP contribution in [0.5, 0.6) is 0 Å². The number of carbonyl (C=O) groups is 1. The van der Waals surface area contributed by atoms with Gasteiger partial charge >= 0.3 is 0 Å². The van der Waals surface area contributed by atoms with Crippen LogP contribution in [0.2, 0.25) is 0 Å². The maximum absolute atomic E-state index is 12.8. The number of aromatic nitrogens is 3. The molecule has 4 aromatic rings. The average Bonchev–Trinajstić information content (AvgIpc) is 3.41. The van der Waals surface area contributed by atoms with Gasteiger partial charge in [-0.3, -0.25) is 14.7 Å². The summed E-state index contributed by atoms with van der Waals surface area (Å²) < 4.78 is 6.56. The first-order valence-electron chi connectivity index (χ1n) is 9.49. The maximum Gasteiger partial charge on any atom is 0.276 e. The standard InChI is InChI=1S/C21H19N5O2S/c27-21(17-13-18(28-24-17)15-5-7-22-8-6-15)26-11-9-25(10-12-26)14-20-23-16-3-1-2-4-19(16)29-20/h1-8,13H,9-12,14H2. The summed E-state index contributed by atoms with van der Waals surface area (Å²) >= 11 is 1.74. The van der Waals surface area contributed by atoms with E-state index in [0.717, 1.165) is 35.7 Å². The van der Waals surface area contributed by atoms with Gasteiger partial charge in [-0.15, -0.1) is 11.3 Å². The number of fused-ring (bicyclic) bond motifs is 1. The molecular weight excluding hydrogens is 386 g/mol. The molecule has 1 amide bonds. The summed E-state index contributed by atoms with van der Waals surface area (Å²) in [5, 5.41) is 5.09. The third kappa shape index (κ3) is 3.76. The minimum Gasteiger partial charge on any atom is -0.355 e. The second-order valence-corrected chi connectivity index (χ2v) is 8.07. The smallest absolute Gasteiger partial charge is 0.276 e. The molecule has 0 saturated carbocycles. The monoisotopic (exact) mass is 405 g/mol. The number of nitrogens with zero attached hydrogens (tertiary/aromatic N) is 5. The van der Waals surface area contributed by atoms with Gasteiger partial charge in [0, 0.05) is 50.2 Å². The first kappa shape index (κ1) is 18.0. The molecule has 0 bridgehead atoms. The Bertz CT molecular complexity index is 1100. The Morgan fingerprint density at radius 2 is 1.86 bits per heavy atom. The Hall–Kier alpha value is -3.10. The molecule has 8 heteroatoms. The van der Waals surface area contributed by atoms with Crippen LogP contribution in [0.4, 0.5) is 0 Å². The number of rotatable bonds is 4. The molecule has 0 radical (unpaired) electrons. The number of benzene rings is 1. The predicted octanol–water partition coefficient (Wildman–Crippen LogP) is 3.30. The normalized spacial score (nSPS) is 15.1. The van der Waals surface area contributed by atoms with E-state index in [0.29, 0.717) is 24.5 Å². The fraction of sp³-hybridized carbons (Fsp3) is 0.238. The number of hydrogen-bond acceptors (Lipinski definition) is 7. The summed E-state index contributed by atoms with van der Waals surface area (Å²) in [6, 6.07) is 13.6. The van der Waals surface area contributed by atoms with E-state index in [-0.39, 0.29) is 5.91 Å². The van der Waals surface area contributed by atoms with Crippen molar-refractivity contribution in [1.82, 2.24) is 24.9 Å². The van der Waals surface area contributed by atoms with E-state index in [1.807, 2.05) is 35.2 Å². The van der Waals surface area contributed by atoms with E-state index < -0.39 is 0 Å². The number of pyridine rings is 1. The van der Waals surface area contributed by atoms with Crippen LogP contribution in [-0.2, 0) is 6.54 Å². The molecule has 0 spiro atoms. The highest BCUT2D eigenvalue weighted by molar-refractivity contribution is 7.18. The van der Waals surface area contributed by atoms with Crippen molar-refractivity contribution in [2.45, 2.75) is 6.54 Å². The number of thiazole rings is 1. The van der Waals surface area contributed by atoms with Crippen LogP contribution in [0.3, 0.4) is 0 Å². The third-order valence-electron chi connectivity index (χ3n) is 5.05. The van der Waals surface area contributed by atoms with Crippen LogP contribution >= 0.6 is 11.3 Å². The molecule has 5 rings (SSSR count). The molecule has 0 aliphatic carbocycles. The van der Waals surface area contributed by atoms with Crippen molar-refractivity contribution in [2.24, 2.45) is 0 Å². The van der Waals surface area contributed by atoms with Gasteiger partial charge in [-0.1, -0.05) is 17.3 Å². The lowest BCUT2D eigenvalue weighted by Gasteiger charge is -2.33. The third-order valence-corrected chi connectivity index (χ3v) is 6.07. The van der Waals surface area contributed by atoms with Gasteiger partial charge in [0.2, 0.25) is 0 Å². The number of para-hydroxylation sites is 1. The van der Waals surface area contributed by atoms with E-state index in [1.165, 1.54) is 4.70 Å². The summed E-state index contributed by atoms with van der Waals surface area (Å²) in [7, 11) is 0. The van der Waals surface area contributed by atoms with Crippen molar-refractivity contribution in [1.29, 1.82) is 0 Å². The van der Waals surface area contributed by atoms with Gasteiger partial charge in [0.05, 0.1) is 16.8 Å². The van der Waals surface area contributed by atoms with Crippen LogP contribution in [0.1, 0.15) is 15.5 Å². The Labute approximate surface area is 171 Å². The van der Waals surface area contributed by atoms with E-state index in [4.69, 9.17) is 9.51 Å². The fourth-order valence-corrected chi connectivity index (χ4v) is 4.49. The minimum atomic E-state index is -0.0892. The van der Waals surface area contributed by atoms with Gasteiger partial charge in [0.1, 0.15) is 5.01 Å². The lowest BCUT2D eigenvalue weighted by Crippen LogP contribution is -2.48. The van der Waals surface area contributed by atoms with Crippen molar-refractivity contribution in [3.8, 4) is 11.3 Å². The summed E-state index contributed by atoms with van der Waals surface area (Å²) in [6.07, 6.45) is 3.37. The van der Waals surface area contributed by atoms with Gasteiger partial charge in [-0.05, 0) is 24.3 Å². The SMILES string of the molecule is O=C(c1cc(-c2ccncc2)on1)N1CCN(Cc2nc3ccccc3s2)CC1. The highest BCUT2D eigenvalue weighted by atomic mass is 32.1. The Morgan fingerprint density at radius 1 is 1.07 bits per heavy atom. The summed E-state index contributed by atoms with van der Waals surface area (Å²) in [5.41, 5.74) is 2.25. The number of carbonyl (C=O) groups excluding carboxylic acids is 1. The number of piperazine rings is 1. The first-order valence-corrected chi connectivity index (χ1v) is 10.3. The zero-order chi connectivity index (χ0) is 19.6. The minimum absolute atomic E-state index is 0.0892. The zero-order valence-corrected chi connectivity index (χ0v) is 16.5. The summed E-state index contributed by atoms with van der Waals surface area (Å²) in [6.45, 7) is 3.79. The van der Waals surface area contributed by atoms with Crippen molar-refractivity contribution in [2.75, 3.05) is 26.2 Å². The maximum atomic E-state index is 12.8. The number of hydrogen-bond donors (Lipinski definition) is 0. The molecule has 1 saturated heterocycles. The molecule has 0 N–H and O–H groups in total. The van der Waals surface area contributed by atoms with Gasteiger partial charge in [0.25, 0.3) is 5.91 Å². The lowest BCUT2D eigenvalue weighted by molar-refractivity contribution is 0.0618. The average molecular weight is 405 g/mol. The Balaban J connectivity index is 1.20. The van der Waals surface area contributed by atoms with E-state index in [1.54, 1.807) is 29.8 Å². The summed E-state index contributed by atoms with van der Waals surface area (Å²) in [4.78, 5) is 25.7. The zero-order valence-electron chi connectivity index (χ0n) is 15.7. The molecule has 4 heterocycles. The van der Waals surface area contributed by atoms with E-state index in [2.05, 4.69) is 21.1 Å². The Kier molecular flexibility index (Phi) is 4.79. The molecule has 3 aromatic heterocycles. The largest absolute Gasteiger partial charge is 0.355 e. The van der Waals surface area contributed by atoms with Crippen LogP contribution < -0.4 is 0 Å². The van der Waals surface area contributed by atoms with Crippen LogP contribution in [0.15, 0.2) is 59.4 Å². The molecule has 0 unspecified atom stereocenters. The predicted molar refractivity (Wildman–Crippen MR) is 111 cm³/mol. The van der Waals surface area contributed by atoms with E-state index >= 15 is 0 Å². The van der Waals surface area contributed by atoms with Gasteiger partial charge in [-0.25, -0.2) is 4.98 Å². The van der Waals surface area contributed by atoms with Gasteiger partial charge < -0.3 is 9.42 Å². The fourth-order valence-electron chi connectivity index (χ4n) is 3.48. The van der Waals surface area contributed by atoms with Gasteiger partial charge in [0.15, 0.2) is 11.5 Å². The lowest BCUT2D eigenvalue weighted by atomic mass is 10.2. The molecule has 1 aliphatic heterocycles. The van der Waals surface area contributed by atoms with Crippen molar-refractivity contribution >= 4 is 27.5 Å². The van der Waals surface area contributed by atoms with Crippen LogP contribution in [0.25, 0.3) is 21.5 Å². The van der Waals surface area contributed by atoms with E-state index in [9.17, 15) is 4.79 Å². The van der Waals surface area contributed by atoms with Crippen LogP contribution in [0, 0.1) is 0 Å². The molecule has 1 aromatic carbocycles. The quantitative estimate of drug-likeness (QED) is 0.519. The first-order chi connectivity index (χ1) is 14.3. The molecule has 7 nitrogen and oxygen atoms in total. The number of amides is 1. The molecule has 1 aliphatic rings. The molecule has 1 fully saturated rings. The molecular formula is C21H19N5O2S. The Morgan fingerprint density at radius 3 is 2.66 bits per heavy atom. The second kappa shape index (κ2) is 7.73. The van der Waals surface area contributed by atoms with Crippen molar-refractivity contribution in [3.05, 3.63) is 65.6 Å². The van der Waals surface area contributed by atoms with Gasteiger partial charge in [-0.2, -0.15) is 0 Å². The molecule has 29 heavy (non-hydrogen) atoms. The van der Waals surface area contributed by atoms with Crippen molar-refractivity contribution in [3.63, 3.8) is 0 Å². The van der Waals surface area contributed by atoms with Crippen LogP contribution in [-0.4, -0.2) is 57.0 Å². The van der Waals surface area contributed by atoms with Crippen molar-refractivity contribution < 1.29 is 9.32 Å². The highest BCUT2D eigenvalue weighted by Gasteiger charge is 2.25. The second-order valence-electron chi connectivity index (χ2n) is 6.96. The molecule has 0 atom stereocenters. The summed E-state index contributed by atoms with van der Waals surface area (Å²) in [5.74, 6) is 0.485.